The molecule has 0 spiro atoms. The number of nitrogens with two attached hydrogens (primary N) is 1. The quantitative estimate of drug-likeness (QED) is 0.801. The molecule has 0 aliphatic carbocycles. The Hall–Kier alpha value is -0.870. The lowest BCUT2D eigenvalue weighted by molar-refractivity contribution is -0.113. The number of nitrogen functional groups attached to an aromatic ring is 1. The molecule has 0 aromatic heterocycles. The number of carbonyl (C=O) groups excluding carboxylic acids is 1. The summed E-state index contributed by atoms with van der Waals surface area (Å²) in [5.41, 5.74) is 6.73. The van der Waals surface area contributed by atoms with Crippen LogP contribution in [0.4, 0.5) is 11.4 Å². The van der Waals surface area contributed by atoms with Crippen LogP contribution < -0.4 is 11.1 Å². The highest BCUT2D eigenvalue weighted by molar-refractivity contribution is 7.99. The average molecular weight is 245 g/mol. The molecule has 82 valence electrons. The zero-order valence-electron chi connectivity index (χ0n) is 8.42. The smallest absolute Gasteiger partial charge is 0.234 e. The Labute approximate surface area is 98.4 Å². The summed E-state index contributed by atoms with van der Waals surface area (Å²) in [6, 6.07) is 5.02. The lowest BCUT2D eigenvalue weighted by Gasteiger charge is -2.07. The summed E-state index contributed by atoms with van der Waals surface area (Å²) in [5.74, 6) is 1.31. The van der Waals surface area contributed by atoms with Crippen LogP contribution in [0.1, 0.15) is 6.92 Å². The molecule has 1 aromatic carbocycles. The average Bonchev–Trinajstić information content (AvgIpc) is 2.19. The van der Waals surface area contributed by atoms with E-state index in [1.54, 1.807) is 30.0 Å². The summed E-state index contributed by atoms with van der Waals surface area (Å²) in [6.45, 7) is 2.01. The second kappa shape index (κ2) is 5.88. The SMILES string of the molecule is CCSCC(=O)Nc1ccc(N)cc1Cl. The minimum absolute atomic E-state index is 0.0477. The monoisotopic (exact) mass is 244 g/mol. The number of benzene rings is 1. The summed E-state index contributed by atoms with van der Waals surface area (Å²) in [6.07, 6.45) is 0. The molecule has 3 N–H and O–H groups in total. The highest BCUT2D eigenvalue weighted by atomic mass is 35.5. The summed E-state index contributed by atoms with van der Waals surface area (Å²) < 4.78 is 0. The van der Waals surface area contributed by atoms with Crippen LogP contribution in [0.15, 0.2) is 18.2 Å². The summed E-state index contributed by atoms with van der Waals surface area (Å²) in [4.78, 5) is 11.4. The fraction of sp³-hybridized carbons (Fsp3) is 0.300. The number of halogens is 1. The van der Waals surface area contributed by atoms with Gasteiger partial charge in [-0.2, -0.15) is 11.8 Å². The number of nitrogens with one attached hydrogen (secondary N) is 1. The van der Waals surface area contributed by atoms with E-state index in [9.17, 15) is 4.79 Å². The molecule has 0 fully saturated rings. The highest BCUT2D eigenvalue weighted by Gasteiger charge is 2.05. The van der Waals surface area contributed by atoms with Crippen LogP contribution in [0, 0.1) is 0 Å². The van der Waals surface area contributed by atoms with E-state index >= 15 is 0 Å². The number of anilines is 2. The van der Waals surface area contributed by atoms with Gasteiger partial charge in [-0.3, -0.25) is 4.79 Å². The Balaban J connectivity index is 2.60. The fourth-order valence-corrected chi connectivity index (χ4v) is 1.71. The second-order valence-electron chi connectivity index (χ2n) is 2.92. The zero-order valence-corrected chi connectivity index (χ0v) is 9.99. The number of amides is 1. The first-order chi connectivity index (χ1) is 7.13. The van der Waals surface area contributed by atoms with Crippen molar-refractivity contribution in [3.63, 3.8) is 0 Å². The van der Waals surface area contributed by atoms with Gasteiger partial charge in [0.15, 0.2) is 0 Å². The first-order valence-electron chi connectivity index (χ1n) is 4.56. The van der Waals surface area contributed by atoms with Crippen LogP contribution in [0.25, 0.3) is 0 Å². The minimum atomic E-state index is -0.0477. The second-order valence-corrected chi connectivity index (χ2v) is 4.61. The van der Waals surface area contributed by atoms with E-state index in [0.29, 0.717) is 22.2 Å². The van der Waals surface area contributed by atoms with Crippen molar-refractivity contribution in [1.82, 2.24) is 0 Å². The molecule has 1 aromatic rings. The van der Waals surface area contributed by atoms with Gasteiger partial charge >= 0.3 is 0 Å². The summed E-state index contributed by atoms with van der Waals surface area (Å²) in [5, 5.41) is 3.19. The molecule has 1 amide bonds. The maximum atomic E-state index is 11.4. The highest BCUT2D eigenvalue weighted by Crippen LogP contribution is 2.24. The van der Waals surface area contributed by atoms with Gasteiger partial charge in [-0.1, -0.05) is 18.5 Å². The van der Waals surface area contributed by atoms with Crippen LogP contribution in [-0.2, 0) is 4.79 Å². The number of hydrogen-bond acceptors (Lipinski definition) is 3. The van der Waals surface area contributed by atoms with Crippen LogP contribution in [0.2, 0.25) is 5.02 Å². The van der Waals surface area contributed by atoms with E-state index in [4.69, 9.17) is 17.3 Å². The molecule has 0 atom stereocenters. The molecule has 1 rings (SSSR count). The van der Waals surface area contributed by atoms with Crippen molar-refractivity contribution in [2.75, 3.05) is 22.6 Å². The lowest BCUT2D eigenvalue weighted by Crippen LogP contribution is -2.14. The van der Waals surface area contributed by atoms with Crippen molar-refractivity contribution in [1.29, 1.82) is 0 Å². The van der Waals surface area contributed by atoms with Crippen LogP contribution in [0.3, 0.4) is 0 Å². The molecule has 0 unspecified atom stereocenters. The molecular formula is C10H13ClN2OS. The molecular weight excluding hydrogens is 232 g/mol. The van der Waals surface area contributed by atoms with E-state index in [2.05, 4.69) is 5.32 Å². The topological polar surface area (TPSA) is 55.1 Å². The number of carbonyl (C=O) groups is 1. The Morgan fingerprint density at radius 1 is 1.60 bits per heavy atom. The van der Waals surface area contributed by atoms with Gasteiger partial charge in [0.25, 0.3) is 0 Å². The summed E-state index contributed by atoms with van der Waals surface area (Å²) in [7, 11) is 0. The molecule has 15 heavy (non-hydrogen) atoms. The van der Waals surface area contributed by atoms with Crippen molar-refractivity contribution >= 4 is 40.6 Å². The van der Waals surface area contributed by atoms with Gasteiger partial charge in [0.1, 0.15) is 0 Å². The number of rotatable bonds is 4. The molecule has 0 saturated heterocycles. The Kier molecular flexibility index (Phi) is 4.78. The van der Waals surface area contributed by atoms with E-state index in [0.717, 1.165) is 5.75 Å². The van der Waals surface area contributed by atoms with E-state index < -0.39 is 0 Å². The fourth-order valence-electron chi connectivity index (χ4n) is 1.01. The maximum absolute atomic E-state index is 11.4. The molecule has 0 bridgehead atoms. The first-order valence-corrected chi connectivity index (χ1v) is 6.09. The van der Waals surface area contributed by atoms with Crippen molar-refractivity contribution in [3.8, 4) is 0 Å². The molecule has 0 saturated carbocycles. The molecule has 3 nitrogen and oxygen atoms in total. The molecule has 0 radical (unpaired) electrons. The predicted octanol–water partition coefficient (Wildman–Crippen LogP) is 2.61. The van der Waals surface area contributed by atoms with Gasteiger partial charge in [0, 0.05) is 5.69 Å². The van der Waals surface area contributed by atoms with Crippen molar-refractivity contribution in [2.24, 2.45) is 0 Å². The van der Waals surface area contributed by atoms with E-state index in [-0.39, 0.29) is 5.91 Å². The van der Waals surface area contributed by atoms with Crippen LogP contribution in [0.5, 0.6) is 0 Å². The molecule has 5 heteroatoms. The molecule has 0 aliphatic rings. The number of hydrogen-bond donors (Lipinski definition) is 2. The van der Waals surface area contributed by atoms with Gasteiger partial charge in [0.05, 0.1) is 16.5 Å². The van der Waals surface area contributed by atoms with E-state index in [1.165, 1.54) is 0 Å². The van der Waals surface area contributed by atoms with Crippen LogP contribution >= 0.6 is 23.4 Å². The normalized spacial score (nSPS) is 10.0. The third-order valence-corrected chi connectivity index (χ3v) is 2.89. The Bertz CT molecular complexity index is 357. The summed E-state index contributed by atoms with van der Waals surface area (Å²) >= 11 is 7.47. The van der Waals surface area contributed by atoms with Crippen LogP contribution in [-0.4, -0.2) is 17.4 Å². The maximum Gasteiger partial charge on any atom is 0.234 e. The predicted molar refractivity (Wildman–Crippen MR) is 67.5 cm³/mol. The Morgan fingerprint density at radius 3 is 2.93 bits per heavy atom. The van der Waals surface area contributed by atoms with Gasteiger partial charge in [0.2, 0.25) is 5.91 Å². The largest absolute Gasteiger partial charge is 0.399 e. The van der Waals surface area contributed by atoms with E-state index in [1.807, 2.05) is 6.92 Å². The lowest BCUT2D eigenvalue weighted by atomic mass is 10.3. The van der Waals surface area contributed by atoms with Gasteiger partial charge in [-0.15, -0.1) is 0 Å². The molecule has 0 aliphatic heterocycles. The third-order valence-electron chi connectivity index (χ3n) is 1.70. The number of thioether (sulfide) groups is 1. The van der Waals surface area contributed by atoms with Gasteiger partial charge in [-0.25, -0.2) is 0 Å². The van der Waals surface area contributed by atoms with Crippen molar-refractivity contribution in [2.45, 2.75) is 6.92 Å². The third kappa shape index (κ3) is 4.01. The van der Waals surface area contributed by atoms with Gasteiger partial charge in [-0.05, 0) is 24.0 Å². The zero-order chi connectivity index (χ0) is 11.3. The van der Waals surface area contributed by atoms with Gasteiger partial charge < -0.3 is 11.1 Å². The standard InChI is InChI=1S/C10H13ClN2OS/c1-2-15-6-10(14)13-9-4-3-7(12)5-8(9)11/h3-5H,2,6,12H2,1H3,(H,13,14). The van der Waals surface area contributed by atoms with Crippen molar-refractivity contribution in [3.05, 3.63) is 23.2 Å². The minimum Gasteiger partial charge on any atom is -0.399 e. The van der Waals surface area contributed by atoms with Crippen molar-refractivity contribution < 1.29 is 4.79 Å². The molecule has 0 heterocycles. The first kappa shape index (κ1) is 12.2. The Morgan fingerprint density at radius 2 is 2.33 bits per heavy atom.